The van der Waals surface area contributed by atoms with Crippen LogP contribution in [0.1, 0.15) is 233 Å². The van der Waals surface area contributed by atoms with Crippen LogP contribution in [0.25, 0.3) is 0 Å². The largest absolute Gasteiger partial charge is 0.462 e. The molecule has 0 aromatic rings. The lowest BCUT2D eigenvalue weighted by Gasteiger charge is -2.18. The summed E-state index contributed by atoms with van der Waals surface area (Å²) in [5.74, 6) is -0.993. The number of allylic oxidation sites excluding steroid dienone is 10. The van der Waals surface area contributed by atoms with Gasteiger partial charge in [-0.1, -0.05) is 204 Å². The Hall–Kier alpha value is -2.89. The van der Waals surface area contributed by atoms with Crippen LogP contribution >= 0.6 is 0 Å². The Morgan fingerprint density at radius 1 is 0.362 bits per heavy atom. The van der Waals surface area contributed by atoms with Crippen molar-refractivity contribution in [3.8, 4) is 0 Å². The van der Waals surface area contributed by atoms with Gasteiger partial charge in [0.1, 0.15) is 13.2 Å². The van der Waals surface area contributed by atoms with Crippen LogP contribution in [0.2, 0.25) is 0 Å². The zero-order chi connectivity index (χ0) is 42.3. The molecule has 58 heavy (non-hydrogen) atoms. The molecule has 6 nitrogen and oxygen atoms in total. The van der Waals surface area contributed by atoms with Crippen LogP contribution in [0, 0.1) is 0 Å². The van der Waals surface area contributed by atoms with Gasteiger partial charge in [0.15, 0.2) is 6.10 Å². The number of carbonyl (C=O) groups is 3. The molecule has 1 unspecified atom stereocenters. The van der Waals surface area contributed by atoms with Crippen molar-refractivity contribution < 1.29 is 28.6 Å². The van der Waals surface area contributed by atoms with E-state index in [1.807, 2.05) is 12.2 Å². The van der Waals surface area contributed by atoms with Gasteiger partial charge in [0.2, 0.25) is 0 Å². The fourth-order valence-electron chi connectivity index (χ4n) is 6.63. The summed E-state index contributed by atoms with van der Waals surface area (Å²) < 4.78 is 16.7. The molecule has 0 aromatic heterocycles. The first kappa shape index (κ1) is 55.1. The van der Waals surface area contributed by atoms with Gasteiger partial charge in [-0.25, -0.2) is 0 Å². The summed E-state index contributed by atoms with van der Waals surface area (Å²) in [5.41, 5.74) is 0. The summed E-state index contributed by atoms with van der Waals surface area (Å²) in [6.07, 6.45) is 56.4. The predicted molar refractivity (Wildman–Crippen MR) is 247 cm³/mol. The van der Waals surface area contributed by atoms with Gasteiger partial charge in [0, 0.05) is 19.3 Å². The molecule has 0 aliphatic heterocycles. The van der Waals surface area contributed by atoms with E-state index < -0.39 is 12.1 Å². The summed E-state index contributed by atoms with van der Waals surface area (Å²) >= 11 is 0. The third-order valence-corrected chi connectivity index (χ3v) is 10.3. The third kappa shape index (κ3) is 44.2. The Balaban J connectivity index is 4.47. The van der Waals surface area contributed by atoms with Crippen LogP contribution in [-0.2, 0) is 28.6 Å². The van der Waals surface area contributed by atoms with Crippen molar-refractivity contribution in [3.05, 3.63) is 60.8 Å². The Morgan fingerprint density at radius 3 is 1.14 bits per heavy atom. The van der Waals surface area contributed by atoms with E-state index in [4.69, 9.17) is 14.2 Å². The van der Waals surface area contributed by atoms with E-state index in [0.29, 0.717) is 19.3 Å². The highest BCUT2D eigenvalue weighted by Crippen LogP contribution is 2.14. The predicted octanol–water partition coefficient (Wildman–Crippen LogP) is 15.7. The number of rotatable bonds is 43. The highest BCUT2D eigenvalue weighted by atomic mass is 16.6. The maximum atomic E-state index is 12.7. The summed E-state index contributed by atoms with van der Waals surface area (Å²) in [4.78, 5) is 37.8. The van der Waals surface area contributed by atoms with E-state index >= 15 is 0 Å². The van der Waals surface area contributed by atoms with Crippen molar-refractivity contribution in [3.63, 3.8) is 0 Å². The molecule has 1 atom stereocenters. The summed E-state index contributed by atoms with van der Waals surface area (Å²) in [5, 5.41) is 0. The zero-order valence-electron chi connectivity index (χ0n) is 38.0. The van der Waals surface area contributed by atoms with Crippen LogP contribution in [0.3, 0.4) is 0 Å². The molecule has 0 aliphatic carbocycles. The molecule has 334 valence electrons. The standard InChI is InChI=1S/C52H90O6/c1-4-7-10-13-16-19-22-25-28-30-33-36-39-42-45-51(54)57-48-49(58-52(55)46-43-40-37-34-31-27-24-21-18-15-12-9-6-3)47-56-50(53)44-41-38-35-32-29-26-23-20-17-14-11-8-5-2/h9,12,18,20-21,23,27,31,37,40,49H,4-8,10-11,13-17,19,22,24-26,28-30,32-36,38-39,41-48H2,1-3H3/b12-9-,21-18-,23-20-,31-27-,40-37-. The Morgan fingerprint density at radius 2 is 0.707 bits per heavy atom. The van der Waals surface area contributed by atoms with E-state index in [0.717, 1.165) is 70.6 Å². The number of ether oxygens (including phenoxy) is 3. The highest BCUT2D eigenvalue weighted by Gasteiger charge is 2.19. The lowest BCUT2D eigenvalue weighted by atomic mass is 10.0. The molecule has 0 amide bonds. The summed E-state index contributed by atoms with van der Waals surface area (Å²) in [6.45, 7) is 6.44. The number of unbranched alkanes of at least 4 members (excludes halogenated alkanes) is 22. The van der Waals surface area contributed by atoms with Crippen molar-refractivity contribution in [2.24, 2.45) is 0 Å². The topological polar surface area (TPSA) is 78.9 Å². The molecule has 0 saturated carbocycles. The van der Waals surface area contributed by atoms with Crippen molar-refractivity contribution in [2.75, 3.05) is 13.2 Å². The molecule has 6 heteroatoms. The second-order valence-corrected chi connectivity index (χ2v) is 16.0. The van der Waals surface area contributed by atoms with Crippen LogP contribution in [0.5, 0.6) is 0 Å². The summed E-state index contributed by atoms with van der Waals surface area (Å²) in [7, 11) is 0. The molecule has 0 rings (SSSR count). The molecular formula is C52H90O6. The van der Waals surface area contributed by atoms with Gasteiger partial charge in [-0.15, -0.1) is 0 Å². The van der Waals surface area contributed by atoms with E-state index in [2.05, 4.69) is 69.4 Å². The quantitative estimate of drug-likeness (QED) is 0.0264. The molecule has 0 radical (unpaired) electrons. The van der Waals surface area contributed by atoms with E-state index in [-0.39, 0.29) is 31.6 Å². The van der Waals surface area contributed by atoms with Crippen molar-refractivity contribution >= 4 is 17.9 Å². The molecule has 0 N–H and O–H groups in total. The lowest BCUT2D eigenvalue weighted by molar-refractivity contribution is -0.166. The van der Waals surface area contributed by atoms with E-state index in [1.165, 1.54) is 116 Å². The first-order valence-electron chi connectivity index (χ1n) is 24.3. The van der Waals surface area contributed by atoms with Crippen molar-refractivity contribution in [1.29, 1.82) is 0 Å². The Bertz CT molecular complexity index is 1070. The van der Waals surface area contributed by atoms with Gasteiger partial charge in [-0.2, -0.15) is 0 Å². The Kier molecular flexibility index (Phi) is 44.5. The summed E-state index contributed by atoms with van der Waals surface area (Å²) in [6, 6.07) is 0. The molecule has 0 saturated heterocycles. The van der Waals surface area contributed by atoms with Gasteiger partial charge >= 0.3 is 17.9 Å². The number of hydrogen-bond donors (Lipinski definition) is 0. The van der Waals surface area contributed by atoms with E-state index in [9.17, 15) is 14.4 Å². The molecule has 0 fully saturated rings. The van der Waals surface area contributed by atoms with Crippen molar-refractivity contribution in [2.45, 2.75) is 239 Å². The van der Waals surface area contributed by atoms with Gasteiger partial charge in [0.25, 0.3) is 0 Å². The zero-order valence-corrected chi connectivity index (χ0v) is 38.0. The van der Waals surface area contributed by atoms with Crippen LogP contribution < -0.4 is 0 Å². The van der Waals surface area contributed by atoms with Gasteiger partial charge in [-0.05, 0) is 70.6 Å². The molecule has 0 bridgehead atoms. The fraction of sp³-hybridized carbons (Fsp3) is 0.750. The molecule has 0 aliphatic rings. The third-order valence-electron chi connectivity index (χ3n) is 10.3. The minimum atomic E-state index is -0.811. The van der Waals surface area contributed by atoms with E-state index in [1.54, 1.807) is 0 Å². The second-order valence-electron chi connectivity index (χ2n) is 16.0. The monoisotopic (exact) mass is 811 g/mol. The molecule has 0 heterocycles. The van der Waals surface area contributed by atoms with Gasteiger partial charge in [0.05, 0.1) is 0 Å². The molecule has 0 spiro atoms. The molecular weight excluding hydrogens is 721 g/mol. The second kappa shape index (κ2) is 46.8. The Labute approximate surface area is 358 Å². The normalized spacial score (nSPS) is 12.5. The van der Waals surface area contributed by atoms with Crippen LogP contribution in [0.15, 0.2) is 60.8 Å². The van der Waals surface area contributed by atoms with Gasteiger partial charge < -0.3 is 14.2 Å². The average Bonchev–Trinajstić information content (AvgIpc) is 3.22. The van der Waals surface area contributed by atoms with Crippen LogP contribution in [-0.4, -0.2) is 37.2 Å². The maximum absolute atomic E-state index is 12.7. The minimum Gasteiger partial charge on any atom is -0.462 e. The SMILES string of the molecule is CC/C=C\C/C=C\C/C=C\C/C=C\CCC(=O)OC(COC(=O)CCCCCCC/C=C\CCCCCC)COC(=O)CCCCCCCCCCCCCCCC. The maximum Gasteiger partial charge on any atom is 0.306 e. The lowest BCUT2D eigenvalue weighted by Crippen LogP contribution is -2.30. The van der Waals surface area contributed by atoms with Crippen molar-refractivity contribution in [1.82, 2.24) is 0 Å². The average molecular weight is 811 g/mol. The minimum absolute atomic E-state index is 0.104. The first-order chi connectivity index (χ1) is 28.5. The van der Waals surface area contributed by atoms with Gasteiger partial charge in [-0.3, -0.25) is 14.4 Å². The number of carbonyl (C=O) groups excluding carboxylic acids is 3. The smallest absolute Gasteiger partial charge is 0.306 e. The number of esters is 3. The first-order valence-corrected chi connectivity index (χ1v) is 24.3. The fourth-order valence-corrected chi connectivity index (χ4v) is 6.63. The van der Waals surface area contributed by atoms with Crippen LogP contribution in [0.4, 0.5) is 0 Å². The highest BCUT2D eigenvalue weighted by molar-refractivity contribution is 5.71. The molecule has 0 aromatic carbocycles. The number of hydrogen-bond acceptors (Lipinski definition) is 6.